The van der Waals surface area contributed by atoms with Crippen molar-refractivity contribution in [1.82, 2.24) is 4.90 Å². The number of non-ortho nitro benzene ring substituents is 1. The van der Waals surface area contributed by atoms with Crippen molar-refractivity contribution >= 4 is 62.2 Å². The zero-order valence-electron chi connectivity index (χ0n) is 21.9. The lowest BCUT2D eigenvalue weighted by molar-refractivity contribution is -0.384. The van der Waals surface area contributed by atoms with Crippen LogP contribution in [0.1, 0.15) is 18.1 Å². The second-order valence-electron chi connectivity index (χ2n) is 8.49. The van der Waals surface area contributed by atoms with Crippen LogP contribution in [-0.4, -0.2) is 47.1 Å². The van der Waals surface area contributed by atoms with Crippen LogP contribution in [-0.2, 0) is 16.2 Å². The van der Waals surface area contributed by atoms with Crippen LogP contribution in [0.2, 0.25) is 0 Å². The lowest BCUT2D eigenvalue weighted by Gasteiger charge is -2.15. The number of hydrogen-bond donors (Lipinski definition) is 1. The molecule has 11 nitrogen and oxygen atoms in total. The average Bonchev–Trinajstić information content (AvgIpc) is 3.20. The summed E-state index contributed by atoms with van der Waals surface area (Å²) >= 11 is 4.21. The lowest BCUT2D eigenvalue weighted by Crippen LogP contribution is -2.36. The molecular weight excluding hydrogens is 618 g/mol. The standard InChI is InChI=1S/C28H24BrN3O8S/c1-3-39-23-13-18(12-20(29)26(23)40-16-17-8-10-19(11-9-17)32(36)37)14-24-27(34)31(28(35)41-24)15-25(33)30-21-6-4-5-7-22(21)38-2/h4-14H,3,15-16H2,1-2H3,(H,30,33)/b24-14+. The Hall–Kier alpha value is -4.36. The van der Waals surface area contributed by atoms with Crippen molar-refractivity contribution < 1.29 is 33.5 Å². The number of imide groups is 1. The number of carbonyl (C=O) groups is 3. The topological polar surface area (TPSA) is 137 Å². The number of nitrogens with one attached hydrogen (secondary N) is 1. The Bertz CT molecular complexity index is 1530. The van der Waals surface area contributed by atoms with Crippen LogP contribution >= 0.6 is 27.7 Å². The minimum Gasteiger partial charge on any atom is -0.495 e. The zero-order valence-corrected chi connectivity index (χ0v) is 24.3. The Morgan fingerprint density at radius 3 is 2.51 bits per heavy atom. The molecule has 1 fully saturated rings. The highest BCUT2D eigenvalue weighted by Gasteiger charge is 2.36. The molecule has 0 spiro atoms. The minimum atomic E-state index is -0.595. The summed E-state index contributed by atoms with van der Waals surface area (Å²) in [4.78, 5) is 49.6. The number of methoxy groups -OCH3 is 1. The number of halogens is 1. The van der Waals surface area contributed by atoms with Crippen LogP contribution in [0, 0.1) is 10.1 Å². The predicted octanol–water partition coefficient (Wildman–Crippen LogP) is 6.02. The van der Waals surface area contributed by atoms with Gasteiger partial charge in [-0.1, -0.05) is 12.1 Å². The number of nitro benzene ring substituents is 1. The summed E-state index contributed by atoms with van der Waals surface area (Å²) < 4.78 is 17.4. The van der Waals surface area contributed by atoms with Crippen molar-refractivity contribution in [2.75, 3.05) is 25.6 Å². The number of para-hydroxylation sites is 2. The normalized spacial score (nSPS) is 13.8. The number of anilines is 1. The average molecular weight is 642 g/mol. The molecule has 4 rings (SSSR count). The number of hydrogen-bond acceptors (Lipinski definition) is 9. The van der Waals surface area contributed by atoms with Crippen LogP contribution in [0.3, 0.4) is 0 Å². The predicted molar refractivity (Wildman–Crippen MR) is 157 cm³/mol. The minimum absolute atomic E-state index is 0.0178. The molecule has 3 aromatic carbocycles. The number of nitro groups is 1. The number of carbonyl (C=O) groups excluding carboxylic acids is 3. The summed E-state index contributed by atoms with van der Waals surface area (Å²) in [6.45, 7) is 1.82. The molecule has 212 valence electrons. The highest BCUT2D eigenvalue weighted by molar-refractivity contribution is 9.10. The largest absolute Gasteiger partial charge is 0.495 e. The molecule has 0 unspecified atom stereocenters. The van der Waals surface area contributed by atoms with Crippen LogP contribution in [0.15, 0.2) is 70.0 Å². The van der Waals surface area contributed by atoms with E-state index in [9.17, 15) is 24.5 Å². The van der Waals surface area contributed by atoms with Gasteiger partial charge in [-0.2, -0.15) is 0 Å². The number of nitrogens with zero attached hydrogens (tertiary/aromatic N) is 2. The highest BCUT2D eigenvalue weighted by atomic mass is 79.9. The van der Waals surface area contributed by atoms with Crippen LogP contribution in [0.25, 0.3) is 6.08 Å². The molecule has 41 heavy (non-hydrogen) atoms. The third kappa shape index (κ3) is 7.24. The summed E-state index contributed by atoms with van der Waals surface area (Å²) in [5.74, 6) is 0.108. The molecule has 13 heteroatoms. The van der Waals surface area contributed by atoms with Crippen molar-refractivity contribution in [3.63, 3.8) is 0 Å². The number of amides is 3. The van der Waals surface area contributed by atoms with Gasteiger partial charge in [-0.3, -0.25) is 29.4 Å². The Morgan fingerprint density at radius 1 is 1.10 bits per heavy atom. The summed E-state index contributed by atoms with van der Waals surface area (Å²) in [7, 11) is 1.47. The first-order chi connectivity index (χ1) is 19.7. The van der Waals surface area contributed by atoms with E-state index in [1.807, 2.05) is 6.92 Å². The van der Waals surface area contributed by atoms with E-state index >= 15 is 0 Å². The molecule has 0 atom stereocenters. The number of rotatable bonds is 11. The van der Waals surface area contributed by atoms with Gasteiger partial charge in [0.25, 0.3) is 16.8 Å². The molecule has 0 radical (unpaired) electrons. The van der Waals surface area contributed by atoms with Crippen molar-refractivity contribution in [3.05, 3.63) is 91.3 Å². The quantitative estimate of drug-likeness (QED) is 0.151. The van der Waals surface area contributed by atoms with Gasteiger partial charge in [-0.05, 0) is 88.2 Å². The smallest absolute Gasteiger partial charge is 0.294 e. The fourth-order valence-corrected chi connectivity index (χ4v) is 5.23. The molecule has 1 aliphatic rings. The van der Waals surface area contributed by atoms with Crippen LogP contribution in [0.5, 0.6) is 17.2 Å². The van der Waals surface area contributed by atoms with Gasteiger partial charge in [0.2, 0.25) is 5.91 Å². The van der Waals surface area contributed by atoms with E-state index in [1.54, 1.807) is 48.5 Å². The van der Waals surface area contributed by atoms with Crippen LogP contribution in [0.4, 0.5) is 16.2 Å². The van der Waals surface area contributed by atoms with E-state index in [0.29, 0.717) is 39.6 Å². The van der Waals surface area contributed by atoms with Crippen molar-refractivity contribution in [2.45, 2.75) is 13.5 Å². The van der Waals surface area contributed by atoms with Gasteiger partial charge in [-0.25, -0.2) is 0 Å². The van der Waals surface area contributed by atoms with Gasteiger partial charge in [0, 0.05) is 12.1 Å². The zero-order chi connectivity index (χ0) is 29.5. The summed E-state index contributed by atoms with van der Waals surface area (Å²) in [6, 6.07) is 16.2. The molecule has 1 aliphatic heterocycles. The first kappa shape index (κ1) is 29.6. The van der Waals surface area contributed by atoms with Crippen molar-refractivity contribution in [2.24, 2.45) is 0 Å². The second kappa shape index (κ2) is 13.3. The molecule has 1 saturated heterocycles. The maximum atomic E-state index is 13.0. The molecule has 1 N–H and O–H groups in total. The van der Waals surface area contributed by atoms with E-state index < -0.39 is 28.5 Å². The van der Waals surface area contributed by atoms with Gasteiger partial charge in [0.1, 0.15) is 18.9 Å². The number of benzene rings is 3. The lowest BCUT2D eigenvalue weighted by atomic mass is 10.1. The van der Waals surface area contributed by atoms with Gasteiger partial charge in [0.05, 0.1) is 33.7 Å². The summed E-state index contributed by atoms with van der Waals surface area (Å²) in [6.07, 6.45) is 1.54. The summed E-state index contributed by atoms with van der Waals surface area (Å²) in [5, 5.41) is 13.0. The van der Waals surface area contributed by atoms with Gasteiger partial charge in [0.15, 0.2) is 11.5 Å². The van der Waals surface area contributed by atoms with E-state index in [4.69, 9.17) is 14.2 Å². The van der Waals surface area contributed by atoms with Crippen molar-refractivity contribution in [3.8, 4) is 17.2 Å². The Balaban J connectivity index is 1.48. The first-order valence-corrected chi connectivity index (χ1v) is 13.8. The molecule has 3 aromatic rings. The maximum Gasteiger partial charge on any atom is 0.294 e. The second-order valence-corrected chi connectivity index (χ2v) is 10.3. The fraction of sp³-hybridized carbons (Fsp3) is 0.179. The number of ether oxygens (including phenoxy) is 3. The molecule has 0 aliphatic carbocycles. The molecule has 0 bridgehead atoms. The van der Waals surface area contributed by atoms with E-state index in [-0.39, 0.29) is 17.2 Å². The maximum absolute atomic E-state index is 13.0. The first-order valence-electron chi connectivity index (χ1n) is 12.2. The molecule has 0 saturated carbocycles. The van der Waals surface area contributed by atoms with Gasteiger partial charge in [-0.15, -0.1) is 0 Å². The molecule has 1 heterocycles. The monoisotopic (exact) mass is 641 g/mol. The highest BCUT2D eigenvalue weighted by Crippen LogP contribution is 2.40. The van der Waals surface area contributed by atoms with Crippen molar-refractivity contribution in [1.29, 1.82) is 0 Å². The molecule has 3 amide bonds. The van der Waals surface area contributed by atoms with Gasteiger partial charge >= 0.3 is 0 Å². The van der Waals surface area contributed by atoms with Gasteiger partial charge < -0.3 is 19.5 Å². The molecule has 0 aromatic heterocycles. The van der Waals surface area contributed by atoms with Crippen LogP contribution < -0.4 is 19.5 Å². The third-order valence-corrected chi connectivity index (χ3v) is 7.21. The van der Waals surface area contributed by atoms with E-state index in [2.05, 4.69) is 21.2 Å². The Morgan fingerprint density at radius 2 is 1.83 bits per heavy atom. The fourth-order valence-electron chi connectivity index (χ4n) is 3.81. The Labute approximate surface area is 247 Å². The van der Waals surface area contributed by atoms with E-state index in [1.165, 1.54) is 25.3 Å². The third-order valence-electron chi connectivity index (χ3n) is 5.72. The molecular formula is C28H24BrN3O8S. The van der Waals surface area contributed by atoms with E-state index in [0.717, 1.165) is 22.2 Å². The SMILES string of the molecule is CCOc1cc(/C=C2/SC(=O)N(CC(=O)Nc3ccccc3OC)C2=O)cc(Br)c1OCc1ccc([N+](=O)[O-])cc1. The summed E-state index contributed by atoms with van der Waals surface area (Å²) in [5.41, 5.74) is 1.69. The Kier molecular flexibility index (Phi) is 9.63. The number of thioether (sulfide) groups is 1.